The number of aryl methyl sites for hydroxylation is 2. The quantitative estimate of drug-likeness (QED) is 0.274. The summed E-state index contributed by atoms with van der Waals surface area (Å²) in [7, 11) is 3.44. The minimum absolute atomic E-state index is 0.0723. The molecule has 0 bridgehead atoms. The summed E-state index contributed by atoms with van der Waals surface area (Å²) in [5.74, 6) is 0.161. The number of imidazole rings is 2. The zero-order chi connectivity index (χ0) is 18.3. The highest BCUT2D eigenvalue weighted by molar-refractivity contribution is 9.10. The molecule has 0 saturated carbocycles. The van der Waals surface area contributed by atoms with Crippen molar-refractivity contribution in [3.63, 3.8) is 0 Å². The third-order valence-corrected chi connectivity index (χ3v) is 4.02. The summed E-state index contributed by atoms with van der Waals surface area (Å²) >= 11 is 3.19. The number of anilines is 2. The Kier molecular flexibility index (Phi) is 4.00. The molecule has 4 heterocycles. The van der Waals surface area contributed by atoms with E-state index in [-0.39, 0.29) is 23.0 Å². The first kappa shape index (κ1) is 16.6. The number of rotatable bonds is 0. The van der Waals surface area contributed by atoms with Crippen molar-refractivity contribution >= 4 is 50.2 Å². The number of H-pyrrole nitrogens is 2. The highest BCUT2D eigenvalue weighted by Crippen LogP contribution is 2.13. The minimum atomic E-state index is -0.289. The molecule has 0 aliphatic carbocycles. The predicted octanol–water partition coefficient (Wildman–Crippen LogP) is -0.760. The Balaban J connectivity index is 0.000000146. The van der Waals surface area contributed by atoms with Crippen LogP contribution in [0.25, 0.3) is 22.3 Å². The average molecular weight is 409 g/mol. The van der Waals surface area contributed by atoms with Crippen molar-refractivity contribution in [3.8, 4) is 0 Å². The van der Waals surface area contributed by atoms with Crippen LogP contribution in [0.2, 0.25) is 0 Å². The van der Waals surface area contributed by atoms with Crippen molar-refractivity contribution in [2.24, 2.45) is 14.1 Å². The molecule has 6 N–H and O–H groups in total. The van der Waals surface area contributed by atoms with Gasteiger partial charge in [0.1, 0.15) is 0 Å². The van der Waals surface area contributed by atoms with E-state index in [9.17, 15) is 9.59 Å². The van der Waals surface area contributed by atoms with E-state index in [0.717, 1.165) is 0 Å². The summed E-state index contributed by atoms with van der Waals surface area (Å²) < 4.78 is 3.74. The first-order chi connectivity index (χ1) is 11.8. The van der Waals surface area contributed by atoms with Gasteiger partial charge in [0.15, 0.2) is 27.1 Å². The Morgan fingerprint density at radius 2 is 1.52 bits per heavy atom. The second-order valence-electron chi connectivity index (χ2n) is 5.04. The summed E-state index contributed by atoms with van der Waals surface area (Å²) in [5, 5.41) is 0. The van der Waals surface area contributed by atoms with Crippen LogP contribution in [-0.2, 0) is 14.1 Å². The fourth-order valence-electron chi connectivity index (χ4n) is 2.19. The monoisotopic (exact) mass is 408 g/mol. The molecule has 4 aromatic rings. The molecule has 0 unspecified atom stereocenters. The highest BCUT2D eigenvalue weighted by Gasteiger charge is 2.10. The number of nitrogen functional groups attached to an aromatic ring is 2. The Morgan fingerprint density at radius 1 is 0.960 bits per heavy atom. The molecule has 0 saturated heterocycles. The second kappa shape index (κ2) is 6.01. The molecule has 0 spiro atoms. The van der Waals surface area contributed by atoms with Crippen LogP contribution < -0.4 is 22.6 Å². The fraction of sp³-hybridized carbons (Fsp3) is 0.167. The fourth-order valence-corrected chi connectivity index (χ4v) is 2.53. The normalized spacial score (nSPS) is 10.8. The Labute approximate surface area is 147 Å². The molecule has 0 aliphatic heterocycles. The number of nitrogens with one attached hydrogen (secondary N) is 2. The van der Waals surface area contributed by atoms with Crippen LogP contribution in [0.5, 0.6) is 0 Å². The van der Waals surface area contributed by atoms with Crippen LogP contribution in [0.15, 0.2) is 20.7 Å². The molecule has 0 atom stereocenters. The van der Waals surface area contributed by atoms with Gasteiger partial charge in [0.2, 0.25) is 11.9 Å². The number of fused-ring (bicyclic) bond motifs is 2. The van der Waals surface area contributed by atoms with Crippen molar-refractivity contribution in [2.75, 3.05) is 11.5 Å². The summed E-state index contributed by atoms with van der Waals surface area (Å²) in [6, 6.07) is 0. The zero-order valence-electron chi connectivity index (χ0n) is 13.1. The van der Waals surface area contributed by atoms with E-state index in [1.807, 2.05) is 0 Å². The maximum absolute atomic E-state index is 11.4. The minimum Gasteiger partial charge on any atom is -0.369 e. The van der Waals surface area contributed by atoms with Gasteiger partial charge in [-0.3, -0.25) is 19.6 Å². The number of aromatic nitrogens is 8. The maximum Gasteiger partial charge on any atom is 0.278 e. The van der Waals surface area contributed by atoms with Crippen molar-refractivity contribution in [2.45, 2.75) is 0 Å². The third-order valence-electron chi connectivity index (χ3n) is 3.31. The molecule has 130 valence electrons. The van der Waals surface area contributed by atoms with Crippen molar-refractivity contribution in [3.05, 3.63) is 31.8 Å². The summed E-state index contributed by atoms with van der Waals surface area (Å²) in [6.07, 6.45) is 1.52. The summed E-state index contributed by atoms with van der Waals surface area (Å²) in [4.78, 5) is 43.0. The maximum atomic E-state index is 11.4. The topological polar surface area (TPSA) is 179 Å². The highest BCUT2D eigenvalue weighted by atomic mass is 79.9. The van der Waals surface area contributed by atoms with Gasteiger partial charge in [-0.05, 0) is 15.9 Å². The zero-order valence-corrected chi connectivity index (χ0v) is 14.7. The largest absolute Gasteiger partial charge is 0.369 e. The molecule has 0 fully saturated rings. The van der Waals surface area contributed by atoms with Gasteiger partial charge < -0.3 is 20.6 Å². The number of hydrogen-bond donors (Lipinski definition) is 4. The van der Waals surface area contributed by atoms with Gasteiger partial charge in [-0.2, -0.15) is 9.97 Å². The lowest BCUT2D eigenvalue weighted by Gasteiger charge is -1.94. The first-order valence-corrected chi connectivity index (χ1v) is 7.61. The van der Waals surface area contributed by atoms with Gasteiger partial charge in [0.05, 0.1) is 6.33 Å². The number of hydrogen-bond acceptors (Lipinski definition) is 8. The molecule has 12 nitrogen and oxygen atoms in total. The molecular weight excluding hydrogens is 396 g/mol. The van der Waals surface area contributed by atoms with Crippen molar-refractivity contribution < 1.29 is 0 Å². The number of aromatic amines is 2. The first-order valence-electron chi connectivity index (χ1n) is 6.82. The van der Waals surface area contributed by atoms with E-state index in [1.165, 1.54) is 6.33 Å². The van der Waals surface area contributed by atoms with Crippen LogP contribution >= 0.6 is 15.9 Å². The van der Waals surface area contributed by atoms with E-state index in [1.54, 1.807) is 23.2 Å². The molecule has 4 aromatic heterocycles. The molecule has 4 rings (SSSR count). The molecule has 13 heteroatoms. The van der Waals surface area contributed by atoms with Crippen LogP contribution in [0.1, 0.15) is 0 Å². The lowest BCUT2D eigenvalue weighted by atomic mass is 10.5. The average Bonchev–Trinajstić information content (AvgIpc) is 3.00. The lowest BCUT2D eigenvalue weighted by molar-refractivity contribution is 0.905. The van der Waals surface area contributed by atoms with Gasteiger partial charge in [-0.15, -0.1) is 0 Å². The predicted molar refractivity (Wildman–Crippen MR) is 94.8 cm³/mol. The van der Waals surface area contributed by atoms with Crippen LogP contribution in [-0.4, -0.2) is 39.0 Å². The number of nitrogens with zero attached hydrogens (tertiary/aromatic N) is 6. The van der Waals surface area contributed by atoms with Crippen LogP contribution in [0, 0.1) is 0 Å². The van der Waals surface area contributed by atoms with E-state index in [4.69, 9.17) is 11.5 Å². The van der Waals surface area contributed by atoms with Crippen molar-refractivity contribution in [1.29, 1.82) is 0 Å². The smallest absolute Gasteiger partial charge is 0.278 e. The van der Waals surface area contributed by atoms with Crippen LogP contribution in [0.4, 0.5) is 11.9 Å². The molecular formula is C12H13BrN10O2. The lowest BCUT2D eigenvalue weighted by Crippen LogP contribution is -2.13. The Hall–Kier alpha value is -3.22. The Bertz CT molecular complexity index is 1200. The number of nitrogens with two attached hydrogens (primary N) is 2. The van der Waals surface area contributed by atoms with Gasteiger partial charge in [0, 0.05) is 14.1 Å². The van der Waals surface area contributed by atoms with E-state index in [0.29, 0.717) is 27.1 Å². The number of halogens is 1. The third kappa shape index (κ3) is 2.96. The second-order valence-corrected chi connectivity index (χ2v) is 5.75. The van der Waals surface area contributed by atoms with Gasteiger partial charge in [-0.25, -0.2) is 9.97 Å². The standard InChI is InChI=1S/C6H6BrN5O.C6H7N5O/c1-12-2-3(9-5(12)7)10-6(8)11-4(2)13;1-11-2-8-4-3(11)5(12)10-6(7)9-4/h1H3,(H3,8,10,11,13);2H,1H3,(H3,7,9,10,12). The summed E-state index contributed by atoms with van der Waals surface area (Å²) in [6.45, 7) is 0. The van der Waals surface area contributed by atoms with E-state index >= 15 is 0 Å². The van der Waals surface area contributed by atoms with Crippen molar-refractivity contribution in [1.82, 2.24) is 39.0 Å². The molecule has 0 aromatic carbocycles. The van der Waals surface area contributed by atoms with Gasteiger partial charge in [-0.1, -0.05) is 0 Å². The Morgan fingerprint density at radius 3 is 2.16 bits per heavy atom. The molecule has 0 radical (unpaired) electrons. The van der Waals surface area contributed by atoms with E-state index < -0.39 is 0 Å². The van der Waals surface area contributed by atoms with Crippen LogP contribution in [0.3, 0.4) is 0 Å². The summed E-state index contributed by atoms with van der Waals surface area (Å²) in [5.41, 5.74) is 11.7. The molecule has 25 heavy (non-hydrogen) atoms. The molecule has 0 amide bonds. The molecule has 0 aliphatic rings. The SMILES string of the molecule is Cn1c(Br)nc2nc(N)[nH]c(=O)c21.Cn1cnc2nc(N)[nH]c(=O)c21. The van der Waals surface area contributed by atoms with Gasteiger partial charge in [0.25, 0.3) is 11.1 Å². The van der Waals surface area contributed by atoms with Gasteiger partial charge >= 0.3 is 0 Å². The van der Waals surface area contributed by atoms with E-state index in [2.05, 4.69) is 45.8 Å².